The predicted molar refractivity (Wildman–Crippen MR) is 64.4 cm³/mol. The third kappa shape index (κ3) is 3.74. The van der Waals surface area contributed by atoms with Gasteiger partial charge in [-0.25, -0.2) is 0 Å². The number of rotatable bonds is 5. The average Bonchev–Trinajstić information content (AvgIpc) is 2.26. The van der Waals surface area contributed by atoms with Gasteiger partial charge in [0.15, 0.2) is 0 Å². The van der Waals surface area contributed by atoms with E-state index in [0.29, 0.717) is 18.6 Å². The Morgan fingerprint density at radius 1 is 1.27 bits per heavy atom. The Labute approximate surface area is 91.9 Å². The first-order valence-electron chi connectivity index (χ1n) is 5.43. The molecule has 0 saturated heterocycles. The van der Waals surface area contributed by atoms with Gasteiger partial charge in [-0.2, -0.15) is 0 Å². The van der Waals surface area contributed by atoms with E-state index in [2.05, 4.69) is 36.1 Å². The molecule has 0 aliphatic heterocycles. The van der Waals surface area contributed by atoms with Crippen LogP contribution in [0.1, 0.15) is 25.3 Å². The molecule has 0 aromatic heterocycles. The van der Waals surface area contributed by atoms with Crippen LogP contribution in [0, 0.1) is 6.92 Å². The van der Waals surface area contributed by atoms with Crippen LogP contribution in [0.5, 0.6) is 0 Å². The number of anilines is 1. The van der Waals surface area contributed by atoms with Gasteiger partial charge in [0, 0.05) is 32.1 Å². The number of carbonyl (C=O) groups is 1. The molecule has 0 atom stereocenters. The number of ketones is 1. The topological polar surface area (TPSA) is 20.3 Å². The molecule has 2 heteroatoms. The van der Waals surface area contributed by atoms with E-state index in [4.69, 9.17) is 0 Å². The van der Waals surface area contributed by atoms with Crippen LogP contribution in [0.3, 0.4) is 0 Å². The fraction of sp³-hybridized carbons (Fsp3) is 0.462. The molecule has 0 amide bonds. The van der Waals surface area contributed by atoms with Gasteiger partial charge in [-0.1, -0.05) is 24.6 Å². The lowest BCUT2D eigenvalue weighted by Gasteiger charge is -2.18. The minimum atomic E-state index is 0.328. The Kier molecular flexibility index (Phi) is 4.35. The van der Waals surface area contributed by atoms with Crippen molar-refractivity contribution in [1.82, 2.24) is 0 Å². The fourth-order valence-electron chi connectivity index (χ4n) is 1.40. The maximum Gasteiger partial charge on any atom is 0.134 e. The molecule has 0 spiro atoms. The second-order valence-electron chi connectivity index (χ2n) is 3.90. The molecule has 1 aromatic carbocycles. The summed E-state index contributed by atoms with van der Waals surface area (Å²) in [5.74, 6) is 0.328. The SMILES string of the molecule is CCC(=O)CCN(C)c1ccc(C)cc1. The molecular formula is C13H19NO. The summed E-state index contributed by atoms with van der Waals surface area (Å²) < 4.78 is 0. The molecule has 0 aliphatic rings. The Morgan fingerprint density at radius 2 is 1.87 bits per heavy atom. The van der Waals surface area contributed by atoms with Gasteiger partial charge in [0.2, 0.25) is 0 Å². The Morgan fingerprint density at radius 3 is 2.40 bits per heavy atom. The van der Waals surface area contributed by atoms with Crippen LogP contribution in [0.4, 0.5) is 5.69 Å². The maximum atomic E-state index is 11.2. The second kappa shape index (κ2) is 5.54. The molecule has 0 bridgehead atoms. The lowest BCUT2D eigenvalue weighted by molar-refractivity contribution is -0.118. The van der Waals surface area contributed by atoms with Crippen LogP contribution in [0.2, 0.25) is 0 Å². The molecule has 1 aromatic rings. The van der Waals surface area contributed by atoms with Gasteiger partial charge in [-0.05, 0) is 19.1 Å². The van der Waals surface area contributed by atoms with Gasteiger partial charge < -0.3 is 4.90 Å². The van der Waals surface area contributed by atoms with E-state index in [0.717, 1.165) is 6.54 Å². The van der Waals surface area contributed by atoms with Crippen LogP contribution in [0.15, 0.2) is 24.3 Å². The Hall–Kier alpha value is -1.31. The van der Waals surface area contributed by atoms with Gasteiger partial charge >= 0.3 is 0 Å². The minimum Gasteiger partial charge on any atom is -0.374 e. The lowest BCUT2D eigenvalue weighted by Crippen LogP contribution is -2.20. The molecule has 0 saturated carbocycles. The van der Waals surface area contributed by atoms with Crippen molar-refractivity contribution < 1.29 is 4.79 Å². The molecule has 1 rings (SSSR count). The number of hydrogen-bond acceptors (Lipinski definition) is 2. The van der Waals surface area contributed by atoms with Crippen LogP contribution in [-0.4, -0.2) is 19.4 Å². The quantitative estimate of drug-likeness (QED) is 0.736. The fourth-order valence-corrected chi connectivity index (χ4v) is 1.40. The first-order valence-corrected chi connectivity index (χ1v) is 5.43. The highest BCUT2D eigenvalue weighted by molar-refractivity contribution is 5.78. The number of Topliss-reactive ketones (excluding diaryl/α,β-unsaturated/α-hetero) is 1. The van der Waals surface area contributed by atoms with Crippen LogP contribution in [0.25, 0.3) is 0 Å². The number of aryl methyl sites for hydroxylation is 1. The van der Waals surface area contributed by atoms with Crippen LogP contribution in [-0.2, 0) is 4.79 Å². The highest BCUT2D eigenvalue weighted by atomic mass is 16.1. The molecule has 0 fully saturated rings. The summed E-state index contributed by atoms with van der Waals surface area (Å²) >= 11 is 0. The van der Waals surface area contributed by atoms with Crippen molar-refractivity contribution in [3.05, 3.63) is 29.8 Å². The Bertz CT molecular complexity index is 316. The zero-order chi connectivity index (χ0) is 11.3. The maximum absolute atomic E-state index is 11.2. The molecule has 0 aliphatic carbocycles. The predicted octanol–water partition coefficient (Wildman–Crippen LogP) is 2.80. The minimum absolute atomic E-state index is 0.328. The van der Waals surface area contributed by atoms with Crippen molar-refractivity contribution in [2.24, 2.45) is 0 Å². The highest BCUT2D eigenvalue weighted by Crippen LogP contribution is 2.13. The summed E-state index contributed by atoms with van der Waals surface area (Å²) in [7, 11) is 2.02. The van der Waals surface area contributed by atoms with E-state index in [-0.39, 0.29) is 0 Å². The Balaban J connectivity index is 2.50. The molecule has 0 unspecified atom stereocenters. The highest BCUT2D eigenvalue weighted by Gasteiger charge is 2.03. The number of hydrogen-bond donors (Lipinski definition) is 0. The molecule has 0 heterocycles. The third-order valence-electron chi connectivity index (χ3n) is 2.60. The van der Waals surface area contributed by atoms with Gasteiger partial charge in [-0.3, -0.25) is 4.79 Å². The van der Waals surface area contributed by atoms with E-state index in [1.54, 1.807) is 0 Å². The van der Waals surface area contributed by atoms with E-state index in [1.165, 1.54) is 11.3 Å². The standard InChI is InChI=1S/C13H19NO/c1-4-13(15)9-10-14(3)12-7-5-11(2)6-8-12/h5-8H,4,9-10H2,1-3H3. The molecule has 2 nitrogen and oxygen atoms in total. The largest absolute Gasteiger partial charge is 0.374 e. The van der Waals surface area contributed by atoms with Crippen molar-refractivity contribution in [2.75, 3.05) is 18.5 Å². The lowest BCUT2D eigenvalue weighted by atomic mass is 10.2. The van der Waals surface area contributed by atoms with Gasteiger partial charge in [0.25, 0.3) is 0 Å². The van der Waals surface area contributed by atoms with E-state index in [1.807, 2.05) is 14.0 Å². The zero-order valence-corrected chi connectivity index (χ0v) is 9.79. The zero-order valence-electron chi connectivity index (χ0n) is 9.79. The average molecular weight is 205 g/mol. The van der Waals surface area contributed by atoms with Crippen LogP contribution >= 0.6 is 0 Å². The summed E-state index contributed by atoms with van der Waals surface area (Å²) in [6.07, 6.45) is 1.28. The summed E-state index contributed by atoms with van der Waals surface area (Å²) in [6.45, 7) is 4.79. The van der Waals surface area contributed by atoms with E-state index >= 15 is 0 Å². The summed E-state index contributed by atoms with van der Waals surface area (Å²) in [5.41, 5.74) is 2.43. The molecule has 0 N–H and O–H groups in total. The van der Waals surface area contributed by atoms with Crippen molar-refractivity contribution in [3.63, 3.8) is 0 Å². The van der Waals surface area contributed by atoms with Crippen LogP contribution < -0.4 is 4.90 Å². The second-order valence-corrected chi connectivity index (χ2v) is 3.90. The summed E-state index contributed by atoms with van der Waals surface area (Å²) in [4.78, 5) is 13.3. The first-order chi connectivity index (χ1) is 7.13. The van der Waals surface area contributed by atoms with Crippen molar-refractivity contribution >= 4 is 11.5 Å². The third-order valence-corrected chi connectivity index (χ3v) is 2.60. The smallest absolute Gasteiger partial charge is 0.134 e. The number of carbonyl (C=O) groups excluding carboxylic acids is 1. The number of nitrogens with zero attached hydrogens (tertiary/aromatic N) is 1. The molecule has 15 heavy (non-hydrogen) atoms. The normalized spacial score (nSPS) is 10.1. The summed E-state index contributed by atoms with van der Waals surface area (Å²) in [5, 5.41) is 0. The van der Waals surface area contributed by atoms with Gasteiger partial charge in [-0.15, -0.1) is 0 Å². The number of benzene rings is 1. The van der Waals surface area contributed by atoms with E-state index in [9.17, 15) is 4.79 Å². The van der Waals surface area contributed by atoms with Crippen molar-refractivity contribution in [1.29, 1.82) is 0 Å². The van der Waals surface area contributed by atoms with Gasteiger partial charge in [0.1, 0.15) is 5.78 Å². The van der Waals surface area contributed by atoms with E-state index < -0.39 is 0 Å². The summed E-state index contributed by atoms with van der Waals surface area (Å²) in [6, 6.07) is 8.36. The van der Waals surface area contributed by atoms with Crippen molar-refractivity contribution in [3.8, 4) is 0 Å². The van der Waals surface area contributed by atoms with Gasteiger partial charge in [0.05, 0.1) is 0 Å². The molecular weight excluding hydrogens is 186 g/mol. The van der Waals surface area contributed by atoms with Crippen molar-refractivity contribution in [2.45, 2.75) is 26.7 Å². The molecule has 0 radical (unpaired) electrons. The monoisotopic (exact) mass is 205 g/mol. The molecule has 82 valence electrons. The first kappa shape index (κ1) is 11.8.